The van der Waals surface area contributed by atoms with E-state index < -0.39 is 0 Å². The number of piperazine rings is 1. The summed E-state index contributed by atoms with van der Waals surface area (Å²) >= 11 is 0. The molecule has 0 amide bonds. The van der Waals surface area contributed by atoms with E-state index in [1.54, 1.807) is 0 Å². The first kappa shape index (κ1) is 16.6. The van der Waals surface area contributed by atoms with E-state index in [1.165, 1.54) is 0 Å². The number of nitriles is 1. The third-order valence-corrected chi connectivity index (χ3v) is 4.64. The highest BCUT2D eigenvalue weighted by Gasteiger charge is 2.25. The number of nitrogens with zero attached hydrogens (tertiary/aromatic N) is 5. The summed E-state index contributed by atoms with van der Waals surface area (Å²) in [5, 5.41) is 13.2. The van der Waals surface area contributed by atoms with Gasteiger partial charge in [0.25, 0.3) is 0 Å². The van der Waals surface area contributed by atoms with E-state index in [0.717, 1.165) is 56.1 Å². The molecule has 1 atom stereocenters. The van der Waals surface area contributed by atoms with Crippen LogP contribution < -0.4 is 0 Å². The Morgan fingerprint density at radius 3 is 2.67 bits per heavy atom. The van der Waals surface area contributed by atoms with Gasteiger partial charge in [-0.15, -0.1) is 0 Å². The summed E-state index contributed by atoms with van der Waals surface area (Å²) in [4.78, 5) is 9.21. The fourth-order valence-corrected chi connectivity index (χ4v) is 3.05. The lowest BCUT2D eigenvalue weighted by Gasteiger charge is -2.36. The van der Waals surface area contributed by atoms with Gasteiger partial charge in [-0.2, -0.15) is 10.2 Å². The Bertz CT molecular complexity index is 712. The largest absolute Gasteiger partial charge is 0.338 e. The van der Waals surface area contributed by atoms with Crippen LogP contribution in [-0.2, 0) is 13.0 Å². The Morgan fingerprint density at radius 2 is 2.00 bits per heavy atom. The highest BCUT2D eigenvalue weighted by molar-refractivity contribution is 5.37. The van der Waals surface area contributed by atoms with E-state index in [4.69, 9.17) is 4.52 Å². The maximum atomic E-state index is 9.21. The van der Waals surface area contributed by atoms with Crippen LogP contribution in [0.3, 0.4) is 0 Å². The average Bonchev–Trinajstić information content (AvgIpc) is 3.11. The van der Waals surface area contributed by atoms with Crippen molar-refractivity contribution in [3.63, 3.8) is 0 Å². The third-order valence-electron chi connectivity index (χ3n) is 4.64. The van der Waals surface area contributed by atoms with Gasteiger partial charge in [-0.3, -0.25) is 9.80 Å². The number of rotatable bonds is 5. The summed E-state index contributed by atoms with van der Waals surface area (Å²) in [5.41, 5.74) is 1.87. The smallest absolute Gasteiger partial charge is 0.243 e. The minimum absolute atomic E-state index is 0.145. The molecule has 1 unspecified atom stereocenters. The van der Waals surface area contributed by atoms with Gasteiger partial charge in [0.1, 0.15) is 0 Å². The Kier molecular flexibility index (Phi) is 5.24. The Morgan fingerprint density at radius 1 is 1.25 bits per heavy atom. The van der Waals surface area contributed by atoms with Crippen LogP contribution in [0.5, 0.6) is 0 Å². The number of hydrogen-bond acceptors (Lipinski definition) is 6. The maximum Gasteiger partial charge on any atom is 0.243 e. The first-order chi connectivity index (χ1) is 11.7. The lowest BCUT2D eigenvalue weighted by atomic mass is 10.1. The minimum atomic E-state index is 0.145. The van der Waals surface area contributed by atoms with Crippen molar-refractivity contribution in [2.45, 2.75) is 32.9 Å². The predicted molar refractivity (Wildman–Crippen MR) is 90.1 cm³/mol. The quantitative estimate of drug-likeness (QED) is 0.841. The van der Waals surface area contributed by atoms with Gasteiger partial charge in [0.15, 0.2) is 5.82 Å². The molecule has 1 aliphatic rings. The molecule has 126 valence electrons. The summed E-state index contributed by atoms with van der Waals surface area (Å²) in [5.74, 6) is 1.47. The van der Waals surface area contributed by atoms with Crippen LogP contribution >= 0.6 is 0 Å². The zero-order valence-electron chi connectivity index (χ0n) is 14.3. The fraction of sp³-hybridized carbons (Fsp3) is 0.500. The number of aromatic nitrogens is 2. The zero-order chi connectivity index (χ0) is 16.9. The Labute approximate surface area is 142 Å². The van der Waals surface area contributed by atoms with Crippen molar-refractivity contribution in [2.24, 2.45) is 0 Å². The van der Waals surface area contributed by atoms with Crippen molar-refractivity contribution < 1.29 is 4.52 Å². The third kappa shape index (κ3) is 3.64. The molecule has 2 heterocycles. The molecule has 1 aromatic heterocycles. The van der Waals surface area contributed by atoms with E-state index in [9.17, 15) is 5.26 Å². The summed E-state index contributed by atoms with van der Waals surface area (Å²) in [6.45, 7) is 8.83. The van der Waals surface area contributed by atoms with Crippen LogP contribution in [0, 0.1) is 11.3 Å². The SMILES string of the molecule is CCc1noc(C(C)N2CCN(Cc3ccccc3C#N)CC2)n1. The molecule has 0 spiro atoms. The predicted octanol–water partition coefficient (Wildman–Crippen LogP) is 2.38. The Hall–Kier alpha value is -2.23. The van der Waals surface area contributed by atoms with Crippen molar-refractivity contribution in [3.05, 3.63) is 47.1 Å². The average molecular weight is 325 g/mol. The highest BCUT2D eigenvalue weighted by Crippen LogP contribution is 2.21. The van der Waals surface area contributed by atoms with Crippen molar-refractivity contribution in [1.82, 2.24) is 19.9 Å². The summed E-state index contributed by atoms with van der Waals surface area (Å²) < 4.78 is 5.37. The molecule has 0 radical (unpaired) electrons. The van der Waals surface area contributed by atoms with Gasteiger partial charge in [-0.25, -0.2) is 0 Å². The molecule has 0 N–H and O–H groups in total. The van der Waals surface area contributed by atoms with E-state index in [2.05, 4.69) is 32.9 Å². The molecule has 24 heavy (non-hydrogen) atoms. The molecule has 1 aromatic carbocycles. The van der Waals surface area contributed by atoms with E-state index >= 15 is 0 Å². The van der Waals surface area contributed by atoms with Gasteiger partial charge < -0.3 is 4.52 Å². The molecular weight excluding hydrogens is 302 g/mol. The van der Waals surface area contributed by atoms with Crippen molar-refractivity contribution in [3.8, 4) is 6.07 Å². The van der Waals surface area contributed by atoms with Crippen LogP contribution in [0.25, 0.3) is 0 Å². The first-order valence-corrected chi connectivity index (χ1v) is 8.48. The number of aryl methyl sites for hydroxylation is 1. The second-order valence-corrected chi connectivity index (χ2v) is 6.16. The lowest BCUT2D eigenvalue weighted by molar-refractivity contribution is 0.0845. The number of hydrogen-bond donors (Lipinski definition) is 0. The molecule has 3 rings (SSSR count). The molecule has 6 heteroatoms. The van der Waals surface area contributed by atoms with Crippen LogP contribution in [0.15, 0.2) is 28.8 Å². The zero-order valence-corrected chi connectivity index (χ0v) is 14.3. The first-order valence-electron chi connectivity index (χ1n) is 8.48. The second-order valence-electron chi connectivity index (χ2n) is 6.16. The van der Waals surface area contributed by atoms with Crippen LogP contribution in [-0.4, -0.2) is 46.1 Å². The highest BCUT2D eigenvalue weighted by atomic mass is 16.5. The molecule has 0 aliphatic carbocycles. The molecule has 0 saturated carbocycles. The normalized spacial score (nSPS) is 17.5. The molecule has 1 fully saturated rings. The standard InChI is InChI=1S/C18H23N5O/c1-3-17-20-18(24-21-17)14(2)23-10-8-22(9-11-23)13-16-7-5-4-6-15(16)12-19/h4-7,14H,3,8-11,13H2,1-2H3. The van der Waals surface area contributed by atoms with E-state index in [0.29, 0.717) is 5.89 Å². The second kappa shape index (κ2) is 7.56. The van der Waals surface area contributed by atoms with Crippen LogP contribution in [0.2, 0.25) is 0 Å². The topological polar surface area (TPSA) is 69.2 Å². The van der Waals surface area contributed by atoms with Crippen molar-refractivity contribution >= 4 is 0 Å². The van der Waals surface area contributed by atoms with Crippen molar-refractivity contribution in [2.75, 3.05) is 26.2 Å². The van der Waals surface area contributed by atoms with Crippen LogP contribution in [0.1, 0.15) is 42.7 Å². The molecule has 1 saturated heterocycles. The summed E-state index contributed by atoms with van der Waals surface area (Å²) in [6, 6.07) is 10.3. The van der Waals surface area contributed by atoms with Gasteiger partial charge in [0, 0.05) is 39.1 Å². The van der Waals surface area contributed by atoms with Gasteiger partial charge >= 0.3 is 0 Å². The molecule has 2 aromatic rings. The molecule has 1 aliphatic heterocycles. The van der Waals surface area contributed by atoms with Crippen LogP contribution in [0.4, 0.5) is 0 Å². The van der Waals surface area contributed by atoms with Gasteiger partial charge in [-0.1, -0.05) is 30.3 Å². The summed E-state index contributed by atoms with van der Waals surface area (Å²) in [7, 11) is 0. The van der Waals surface area contributed by atoms with Crippen molar-refractivity contribution in [1.29, 1.82) is 5.26 Å². The van der Waals surface area contributed by atoms with Gasteiger partial charge in [-0.05, 0) is 18.6 Å². The molecule has 0 bridgehead atoms. The Balaban J connectivity index is 1.56. The van der Waals surface area contributed by atoms with Gasteiger partial charge in [0.2, 0.25) is 5.89 Å². The summed E-state index contributed by atoms with van der Waals surface area (Å²) in [6.07, 6.45) is 0.794. The lowest BCUT2D eigenvalue weighted by Crippen LogP contribution is -2.46. The van der Waals surface area contributed by atoms with Gasteiger partial charge in [0.05, 0.1) is 17.7 Å². The monoisotopic (exact) mass is 325 g/mol. The minimum Gasteiger partial charge on any atom is -0.338 e. The molecule has 6 nitrogen and oxygen atoms in total. The van der Waals surface area contributed by atoms with E-state index in [-0.39, 0.29) is 6.04 Å². The fourth-order valence-electron chi connectivity index (χ4n) is 3.05. The van der Waals surface area contributed by atoms with E-state index in [1.807, 2.05) is 31.2 Å². The number of benzene rings is 1. The molecular formula is C18H23N5O. The maximum absolute atomic E-state index is 9.21.